The minimum Gasteiger partial charge on any atom is -0.392 e. The van der Waals surface area contributed by atoms with E-state index in [4.69, 9.17) is 14.2 Å². The van der Waals surface area contributed by atoms with Gasteiger partial charge < -0.3 is 24.6 Å². The number of aliphatic hydroxyl groups is 1. The maximum Gasteiger partial charge on any atom is 0.253 e. The van der Waals surface area contributed by atoms with Gasteiger partial charge in [0.25, 0.3) is 5.91 Å². The van der Waals surface area contributed by atoms with Crippen molar-refractivity contribution in [1.29, 1.82) is 0 Å². The first-order valence-electron chi connectivity index (χ1n) is 12.8. The molecule has 3 atom stereocenters. The predicted molar refractivity (Wildman–Crippen MR) is 138 cm³/mol. The van der Waals surface area contributed by atoms with Gasteiger partial charge in [-0.25, -0.2) is 0 Å². The van der Waals surface area contributed by atoms with E-state index in [1.54, 1.807) is 24.5 Å². The highest BCUT2D eigenvalue weighted by atomic mass is 16.7. The number of morpholine rings is 1. The van der Waals surface area contributed by atoms with Crippen molar-refractivity contribution in [3.05, 3.63) is 101 Å². The zero-order chi connectivity index (χ0) is 25.5. The summed E-state index contributed by atoms with van der Waals surface area (Å²) in [6.45, 7) is 4.56. The number of hydrogen-bond acceptors (Lipinski definition) is 7. The summed E-state index contributed by atoms with van der Waals surface area (Å²) in [5.74, 6) is -0.155. The van der Waals surface area contributed by atoms with Crippen LogP contribution in [0.2, 0.25) is 0 Å². The van der Waals surface area contributed by atoms with Crippen LogP contribution in [0.25, 0.3) is 0 Å². The van der Waals surface area contributed by atoms with E-state index in [2.05, 4.69) is 15.2 Å². The standard InChI is InChI=1S/C29H33N3O5/c33-20-22-5-7-23(8-6-22)27-16-26(19-32-12-14-35-15-13-32)36-29(37-27)24-9-3-21(4-10-24)17-31-28(34)25-2-1-11-30-18-25/h1-11,18,26-27,29,33H,12-17,19-20H2,(H,31,34)/t26-,27+,29+/m0/s1. The number of benzene rings is 2. The minimum absolute atomic E-state index is 0.0119. The molecule has 37 heavy (non-hydrogen) atoms. The molecule has 2 aliphatic rings. The summed E-state index contributed by atoms with van der Waals surface area (Å²) >= 11 is 0. The number of carbonyl (C=O) groups excluding carboxylic acids is 1. The van der Waals surface area contributed by atoms with Gasteiger partial charge in [0.1, 0.15) is 0 Å². The molecule has 0 radical (unpaired) electrons. The number of hydrogen-bond donors (Lipinski definition) is 2. The number of amides is 1. The number of nitrogens with zero attached hydrogens (tertiary/aromatic N) is 2. The molecule has 2 N–H and O–H groups in total. The van der Waals surface area contributed by atoms with E-state index in [9.17, 15) is 9.90 Å². The fourth-order valence-corrected chi connectivity index (χ4v) is 4.68. The Kier molecular flexibility index (Phi) is 8.55. The Morgan fingerprint density at radius 1 is 0.973 bits per heavy atom. The summed E-state index contributed by atoms with van der Waals surface area (Å²) in [6, 6.07) is 19.4. The third kappa shape index (κ3) is 6.80. The van der Waals surface area contributed by atoms with Crippen LogP contribution >= 0.6 is 0 Å². The normalized spacial score (nSPS) is 22.5. The highest BCUT2D eigenvalue weighted by molar-refractivity contribution is 5.93. The molecule has 0 bridgehead atoms. The second kappa shape index (κ2) is 12.4. The number of carbonyl (C=O) groups is 1. The van der Waals surface area contributed by atoms with Gasteiger partial charge in [-0.05, 0) is 28.8 Å². The van der Waals surface area contributed by atoms with Gasteiger partial charge in [-0.3, -0.25) is 14.7 Å². The molecule has 8 nitrogen and oxygen atoms in total. The molecular formula is C29H33N3O5. The van der Waals surface area contributed by atoms with Crippen molar-refractivity contribution in [1.82, 2.24) is 15.2 Å². The van der Waals surface area contributed by atoms with Crippen molar-refractivity contribution in [2.45, 2.75) is 38.1 Å². The Morgan fingerprint density at radius 2 is 1.70 bits per heavy atom. The lowest BCUT2D eigenvalue weighted by Crippen LogP contribution is -2.44. The Morgan fingerprint density at radius 3 is 2.41 bits per heavy atom. The molecule has 2 aromatic carbocycles. The number of aromatic nitrogens is 1. The van der Waals surface area contributed by atoms with Gasteiger partial charge in [0.05, 0.1) is 37.6 Å². The zero-order valence-corrected chi connectivity index (χ0v) is 20.8. The van der Waals surface area contributed by atoms with Crippen LogP contribution < -0.4 is 5.32 Å². The summed E-state index contributed by atoms with van der Waals surface area (Å²) in [4.78, 5) is 18.7. The number of rotatable bonds is 8. The fourth-order valence-electron chi connectivity index (χ4n) is 4.68. The molecule has 8 heteroatoms. The molecule has 5 rings (SSSR count). The topological polar surface area (TPSA) is 93.2 Å². The Balaban J connectivity index is 1.26. The summed E-state index contributed by atoms with van der Waals surface area (Å²) in [5.41, 5.74) is 4.41. The Bertz CT molecular complexity index is 1130. The lowest BCUT2D eigenvalue weighted by atomic mass is 9.99. The van der Waals surface area contributed by atoms with Crippen LogP contribution in [0.3, 0.4) is 0 Å². The summed E-state index contributed by atoms with van der Waals surface area (Å²) in [7, 11) is 0. The highest BCUT2D eigenvalue weighted by Gasteiger charge is 2.33. The number of pyridine rings is 1. The van der Waals surface area contributed by atoms with Gasteiger partial charge in [0.15, 0.2) is 6.29 Å². The average molecular weight is 504 g/mol. The van der Waals surface area contributed by atoms with Crippen molar-refractivity contribution in [3.8, 4) is 0 Å². The Labute approximate surface area is 217 Å². The molecule has 1 aromatic heterocycles. The molecule has 1 amide bonds. The van der Waals surface area contributed by atoms with Crippen LogP contribution in [-0.4, -0.2) is 59.8 Å². The monoisotopic (exact) mass is 503 g/mol. The second-order valence-corrected chi connectivity index (χ2v) is 9.43. The number of ether oxygens (including phenoxy) is 3. The SMILES string of the molecule is O=C(NCc1ccc([C@@H]2O[C@H](CN3CCOCC3)C[C@H](c3ccc(CO)cc3)O2)cc1)c1cccnc1. The molecule has 194 valence electrons. The van der Waals surface area contributed by atoms with E-state index < -0.39 is 6.29 Å². The van der Waals surface area contributed by atoms with E-state index in [-0.39, 0.29) is 24.7 Å². The van der Waals surface area contributed by atoms with Crippen LogP contribution in [0.5, 0.6) is 0 Å². The maximum absolute atomic E-state index is 12.3. The van der Waals surface area contributed by atoms with Crippen molar-refractivity contribution >= 4 is 5.91 Å². The van der Waals surface area contributed by atoms with E-state index in [1.807, 2.05) is 48.5 Å². The van der Waals surface area contributed by atoms with Crippen LogP contribution in [0.15, 0.2) is 73.1 Å². The molecule has 0 spiro atoms. The van der Waals surface area contributed by atoms with E-state index in [0.717, 1.165) is 61.5 Å². The smallest absolute Gasteiger partial charge is 0.253 e. The quantitative estimate of drug-likeness (QED) is 0.487. The van der Waals surface area contributed by atoms with Crippen molar-refractivity contribution in [2.75, 3.05) is 32.8 Å². The van der Waals surface area contributed by atoms with Crippen LogP contribution in [0.4, 0.5) is 0 Å². The van der Waals surface area contributed by atoms with Crippen LogP contribution in [0.1, 0.15) is 51.4 Å². The molecular weight excluding hydrogens is 470 g/mol. The lowest BCUT2D eigenvalue weighted by Gasteiger charge is -2.39. The van der Waals surface area contributed by atoms with Crippen molar-refractivity contribution in [2.24, 2.45) is 0 Å². The molecule has 3 aromatic rings. The van der Waals surface area contributed by atoms with Gasteiger partial charge in [0, 0.05) is 50.6 Å². The highest BCUT2D eigenvalue weighted by Crippen LogP contribution is 2.38. The molecule has 2 aliphatic heterocycles. The first-order valence-corrected chi connectivity index (χ1v) is 12.8. The number of aliphatic hydroxyl groups excluding tert-OH is 1. The molecule has 0 saturated carbocycles. The van der Waals surface area contributed by atoms with Gasteiger partial charge in [-0.15, -0.1) is 0 Å². The largest absolute Gasteiger partial charge is 0.392 e. The first kappa shape index (κ1) is 25.5. The zero-order valence-electron chi connectivity index (χ0n) is 20.8. The molecule has 2 saturated heterocycles. The molecule has 0 unspecified atom stereocenters. The van der Waals surface area contributed by atoms with Gasteiger partial charge in [-0.2, -0.15) is 0 Å². The molecule has 0 aliphatic carbocycles. The minimum atomic E-state index is -0.499. The van der Waals surface area contributed by atoms with Gasteiger partial charge in [-0.1, -0.05) is 48.5 Å². The van der Waals surface area contributed by atoms with Crippen molar-refractivity contribution in [3.63, 3.8) is 0 Å². The average Bonchev–Trinajstić information content (AvgIpc) is 2.97. The van der Waals surface area contributed by atoms with Gasteiger partial charge >= 0.3 is 0 Å². The third-order valence-corrected chi connectivity index (χ3v) is 6.81. The van der Waals surface area contributed by atoms with E-state index in [0.29, 0.717) is 12.1 Å². The van der Waals surface area contributed by atoms with Crippen molar-refractivity contribution < 1.29 is 24.1 Å². The summed E-state index contributed by atoms with van der Waals surface area (Å²) < 4.78 is 18.4. The molecule has 2 fully saturated rings. The van der Waals surface area contributed by atoms with E-state index in [1.165, 1.54) is 0 Å². The fraction of sp³-hybridized carbons (Fsp3) is 0.379. The summed E-state index contributed by atoms with van der Waals surface area (Å²) in [5, 5.41) is 12.3. The summed E-state index contributed by atoms with van der Waals surface area (Å²) in [6.07, 6.45) is 3.35. The lowest BCUT2D eigenvalue weighted by molar-refractivity contribution is -0.253. The third-order valence-electron chi connectivity index (χ3n) is 6.81. The first-order chi connectivity index (χ1) is 18.2. The second-order valence-electron chi connectivity index (χ2n) is 9.43. The predicted octanol–water partition coefficient (Wildman–Crippen LogP) is 3.38. The Hall–Kier alpha value is -3.14. The van der Waals surface area contributed by atoms with E-state index >= 15 is 0 Å². The number of nitrogens with one attached hydrogen (secondary N) is 1. The maximum atomic E-state index is 12.3. The molecule has 3 heterocycles. The van der Waals surface area contributed by atoms with Crippen LogP contribution in [0, 0.1) is 0 Å². The van der Waals surface area contributed by atoms with Crippen LogP contribution in [-0.2, 0) is 27.4 Å². The van der Waals surface area contributed by atoms with Gasteiger partial charge in [0.2, 0.25) is 0 Å².